The predicted molar refractivity (Wildman–Crippen MR) is 83.4 cm³/mol. The van der Waals surface area contributed by atoms with Crippen LogP contribution in [0.5, 0.6) is 0 Å². The second kappa shape index (κ2) is 5.92. The Morgan fingerprint density at radius 2 is 2.10 bits per heavy atom. The smallest absolute Gasteiger partial charge is 0.261 e. The number of rotatable bonds is 2. The molecule has 21 heavy (non-hydrogen) atoms. The Morgan fingerprint density at radius 1 is 1.24 bits per heavy atom. The first kappa shape index (κ1) is 13.6. The lowest BCUT2D eigenvalue weighted by molar-refractivity contribution is 0.350. The van der Waals surface area contributed by atoms with Crippen molar-refractivity contribution in [3.63, 3.8) is 0 Å². The molecule has 104 valence electrons. The molecule has 0 amide bonds. The Hall–Kier alpha value is -2.42. The van der Waals surface area contributed by atoms with Crippen molar-refractivity contribution >= 4 is 22.2 Å². The number of para-hydroxylation sites is 1. The number of aliphatic hydroxyl groups is 1. The number of hydrogen-bond donors (Lipinski definition) is 1. The average molecular weight is 296 g/mol. The molecule has 0 radical (unpaired) electrons. The number of nitrogens with zero attached hydrogens (tertiary/aromatic N) is 2. The summed E-state index contributed by atoms with van der Waals surface area (Å²) in [5.41, 5.74) is 0.663. The molecule has 4 nitrogen and oxygen atoms in total. The van der Waals surface area contributed by atoms with Gasteiger partial charge in [-0.2, -0.15) is 0 Å². The van der Waals surface area contributed by atoms with E-state index in [-0.39, 0.29) is 12.2 Å². The van der Waals surface area contributed by atoms with Crippen LogP contribution in [0.25, 0.3) is 10.9 Å². The van der Waals surface area contributed by atoms with E-state index >= 15 is 0 Å². The normalized spacial score (nSPS) is 10.3. The van der Waals surface area contributed by atoms with E-state index in [1.807, 2.05) is 30.3 Å². The summed E-state index contributed by atoms with van der Waals surface area (Å²) in [5.74, 6) is 5.47. The molecule has 0 spiro atoms. The van der Waals surface area contributed by atoms with Gasteiger partial charge in [0.1, 0.15) is 6.61 Å². The first-order chi connectivity index (χ1) is 10.3. The Labute approximate surface area is 125 Å². The molecule has 1 N–H and O–H groups in total. The Morgan fingerprint density at radius 3 is 2.95 bits per heavy atom. The minimum Gasteiger partial charge on any atom is -0.384 e. The molecule has 0 bridgehead atoms. The van der Waals surface area contributed by atoms with Crippen LogP contribution < -0.4 is 5.56 Å². The van der Waals surface area contributed by atoms with Crippen molar-refractivity contribution in [3.05, 3.63) is 62.8 Å². The summed E-state index contributed by atoms with van der Waals surface area (Å²) < 4.78 is 1.59. The fourth-order valence-corrected chi connectivity index (χ4v) is 2.92. The highest BCUT2D eigenvalue weighted by atomic mass is 32.1. The number of benzene rings is 1. The summed E-state index contributed by atoms with van der Waals surface area (Å²) in [6.45, 7) is 0.323. The van der Waals surface area contributed by atoms with Gasteiger partial charge in [-0.15, -0.1) is 11.3 Å². The monoisotopic (exact) mass is 296 g/mol. The lowest BCUT2D eigenvalue weighted by Gasteiger charge is -2.04. The number of aliphatic hydroxyl groups excluding tert-OH is 1. The van der Waals surface area contributed by atoms with Crippen LogP contribution >= 0.6 is 11.3 Å². The highest BCUT2D eigenvalue weighted by molar-refractivity contribution is 7.12. The minimum absolute atomic E-state index is 0.0445. The fraction of sp³-hybridized carbons (Fsp3) is 0.125. The van der Waals surface area contributed by atoms with Crippen molar-refractivity contribution < 1.29 is 5.11 Å². The molecule has 3 rings (SSSR count). The van der Waals surface area contributed by atoms with E-state index in [4.69, 9.17) is 5.11 Å². The molecule has 2 heterocycles. The van der Waals surface area contributed by atoms with Crippen LogP contribution in [0, 0.1) is 11.8 Å². The van der Waals surface area contributed by atoms with Crippen LogP contribution in [0.1, 0.15) is 9.75 Å². The first-order valence-electron chi connectivity index (χ1n) is 6.40. The van der Waals surface area contributed by atoms with E-state index in [0.29, 0.717) is 17.4 Å². The van der Waals surface area contributed by atoms with E-state index in [1.54, 1.807) is 17.0 Å². The van der Waals surface area contributed by atoms with Crippen LogP contribution in [-0.4, -0.2) is 21.3 Å². The third-order valence-electron chi connectivity index (χ3n) is 3.01. The lowest BCUT2D eigenvalue weighted by Crippen LogP contribution is -2.20. The van der Waals surface area contributed by atoms with Gasteiger partial charge in [0.25, 0.3) is 5.56 Å². The summed E-state index contributed by atoms with van der Waals surface area (Å²) >= 11 is 1.51. The topological polar surface area (TPSA) is 55.1 Å². The second-order valence-corrected chi connectivity index (χ2v) is 5.59. The molecular weight excluding hydrogens is 284 g/mol. The molecule has 0 unspecified atom stereocenters. The zero-order chi connectivity index (χ0) is 14.7. The molecule has 3 aromatic rings. The van der Waals surface area contributed by atoms with Crippen LogP contribution in [0.3, 0.4) is 0 Å². The first-order valence-corrected chi connectivity index (χ1v) is 7.22. The van der Waals surface area contributed by atoms with Crippen LogP contribution in [-0.2, 0) is 6.54 Å². The van der Waals surface area contributed by atoms with Crippen molar-refractivity contribution in [3.8, 4) is 11.8 Å². The van der Waals surface area contributed by atoms with Crippen LogP contribution in [0.4, 0.5) is 0 Å². The Kier molecular flexibility index (Phi) is 3.82. The zero-order valence-electron chi connectivity index (χ0n) is 11.1. The molecule has 0 atom stereocenters. The maximum atomic E-state index is 12.4. The van der Waals surface area contributed by atoms with Gasteiger partial charge in [-0.3, -0.25) is 9.36 Å². The SMILES string of the molecule is O=c1c2ccccc2ncn1Cc1ccc(C#CCO)s1. The maximum Gasteiger partial charge on any atom is 0.261 e. The van der Waals surface area contributed by atoms with E-state index < -0.39 is 0 Å². The summed E-state index contributed by atoms with van der Waals surface area (Å²) in [4.78, 5) is 18.6. The van der Waals surface area contributed by atoms with Crippen molar-refractivity contribution in [2.45, 2.75) is 6.54 Å². The van der Waals surface area contributed by atoms with Gasteiger partial charge < -0.3 is 5.11 Å². The number of aromatic nitrogens is 2. The Bertz CT molecular complexity index is 900. The maximum absolute atomic E-state index is 12.4. The van der Waals surface area contributed by atoms with Crippen molar-refractivity contribution in [1.29, 1.82) is 0 Å². The third kappa shape index (κ3) is 2.87. The number of thiophene rings is 1. The molecular formula is C16H12N2O2S. The van der Waals surface area contributed by atoms with E-state index in [0.717, 1.165) is 9.75 Å². The average Bonchev–Trinajstić information content (AvgIpc) is 2.96. The molecule has 0 aliphatic heterocycles. The minimum atomic E-state index is -0.152. The lowest BCUT2D eigenvalue weighted by atomic mass is 10.2. The van der Waals surface area contributed by atoms with Crippen molar-refractivity contribution in [1.82, 2.24) is 9.55 Å². The third-order valence-corrected chi connectivity index (χ3v) is 4.00. The van der Waals surface area contributed by atoms with Gasteiger partial charge in [-0.1, -0.05) is 24.0 Å². The standard InChI is InChI=1S/C16H12N2O2S/c19-9-3-4-12-7-8-13(21-12)10-18-11-17-15-6-2-1-5-14(15)16(18)20/h1-2,5-8,11,19H,9-10H2. The van der Waals surface area contributed by atoms with E-state index in [9.17, 15) is 4.79 Å². The molecule has 5 heteroatoms. The van der Waals surface area contributed by atoms with Crippen LogP contribution in [0.2, 0.25) is 0 Å². The molecule has 0 saturated carbocycles. The Balaban J connectivity index is 1.93. The second-order valence-electron chi connectivity index (χ2n) is 4.42. The van der Waals surface area contributed by atoms with Gasteiger partial charge in [0.05, 0.1) is 28.7 Å². The highest BCUT2D eigenvalue weighted by Crippen LogP contribution is 2.16. The molecule has 0 saturated heterocycles. The molecule has 0 aliphatic carbocycles. The van der Waals surface area contributed by atoms with Gasteiger partial charge in [-0.05, 0) is 24.3 Å². The van der Waals surface area contributed by atoms with Gasteiger partial charge in [0.2, 0.25) is 0 Å². The zero-order valence-corrected chi connectivity index (χ0v) is 11.9. The fourth-order valence-electron chi connectivity index (χ4n) is 2.04. The number of hydrogen-bond acceptors (Lipinski definition) is 4. The molecule has 1 aromatic carbocycles. The molecule has 2 aromatic heterocycles. The van der Waals surface area contributed by atoms with Gasteiger partial charge in [0, 0.05) is 4.88 Å². The van der Waals surface area contributed by atoms with Gasteiger partial charge in [-0.25, -0.2) is 4.98 Å². The van der Waals surface area contributed by atoms with Gasteiger partial charge >= 0.3 is 0 Å². The van der Waals surface area contributed by atoms with Crippen molar-refractivity contribution in [2.24, 2.45) is 0 Å². The van der Waals surface area contributed by atoms with E-state index in [2.05, 4.69) is 16.8 Å². The predicted octanol–water partition coefficient (Wildman–Crippen LogP) is 1.85. The summed E-state index contributed by atoms with van der Waals surface area (Å²) in [6, 6.07) is 11.1. The highest BCUT2D eigenvalue weighted by Gasteiger charge is 2.05. The molecule has 0 fully saturated rings. The summed E-state index contributed by atoms with van der Waals surface area (Å²) in [5, 5.41) is 9.31. The number of fused-ring (bicyclic) bond motifs is 1. The largest absolute Gasteiger partial charge is 0.384 e. The quantitative estimate of drug-likeness (QED) is 0.734. The van der Waals surface area contributed by atoms with Gasteiger partial charge in [0.15, 0.2) is 0 Å². The van der Waals surface area contributed by atoms with E-state index in [1.165, 1.54) is 11.3 Å². The molecule has 0 aliphatic rings. The van der Waals surface area contributed by atoms with Crippen molar-refractivity contribution in [2.75, 3.05) is 6.61 Å². The summed E-state index contributed by atoms with van der Waals surface area (Å²) in [7, 11) is 0. The summed E-state index contributed by atoms with van der Waals surface area (Å²) in [6.07, 6.45) is 1.57. The van der Waals surface area contributed by atoms with Crippen LogP contribution in [0.15, 0.2) is 47.5 Å².